The molecule has 2 nitrogen and oxygen atoms in total. The molecule has 2 atom stereocenters. The smallest absolute Gasteiger partial charge is 0.211 e. The third kappa shape index (κ3) is 15.5. The minimum absolute atomic E-state index is 0.663. The van der Waals surface area contributed by atoms with Gasteiger partial charge in [0.05, 0.1) is 6.54 Å². The van der Waals surface area contributed by atoms with Gasteiger partial charge in [0.1, 0.15) is 0 Å². The maximum absolute atomic E-state index is 10.1. The zero-order valence-electron chi connectivity index (χ0n) is 21.1. The van der Waals surface area contributed by atoms with Crippen LogP contribution in [0.25, 0.3) is 0 Å². The first kappa shape index (κ1) is 28.2. The Morgan fingerprint density at radius 1 is 0.742 bits per heavy atom. The number of rotatable bonds is 21. The van der Waals surface area contributed by atoms with Crippen molar-refractivity contribution in [2.75, 3.05) is 6.54 Å². The molecule has 0 radical (unpaired) electrons. The molecule has 180 valence electrons. The Balaban J connectivity index is 2.28. The van der Waals surface area contributed by atoms with Crippen molar-refractivity contribution in [1.29, 1.82) is 0 Å². The summed E-state index contributed by atoms with van der Waals surface area (Å²) >= 11 is 0. The summed E-state index contributed by atoms with van der Waals surface area (Å²) in [6, 6.07) is 0. The highest BCUT2D eigenvalue weighted by Gasteiger charge is 2.24. The van der Waals surface area contributed by atoms with Crippen LogP contribution in [-0.2, 0) is 4.79 Å². The van der Waals surface area contributed by atoms with Crippen molar-refractivity contribution in [3.05, 3.63) is 11.6 Å². The Morgan fingerprint density at radius 2 is 1.29 bits per heavy atom. The molecule has 0 N–H and O–H groups in total. The first-order valence-electron chi connectivity index (χ1n) is 14.0. The van der Waals surface area contributed by atoms with Crippen molar-refractivity contribution in [2.24, 2.45) is 16.8 Å². The third-order valence-corrected chi connectivity index (χ3v) is 7.34. The first-order valence-corrected chi connectivity index (χ1v) is 14.0. The number of aliphatic imine (C=N–C) groups is 1. The summed E-state index contributed by atoms with van der Waals surface area (Å²) in [5.74, 6) is 1.93. The fraction of sp³-hybridized carbons (Fsp3) is 0.897. The van der Waals surface area contributed by atoms with E-state index < -0.39 is 0 Å². The molecular formula is C29H53NO. The lowest BCUT2D eigenvalue weighted by Gasteiger charge is -2.32. The summed E-state index contributed by atoms with van der Waals surface area (Å²) in [6.45, 7) is 5.29. The normalized spacial score (nSPS) is 18.6. The molecule has 0 aromatic carbocycles. The highest BCUT2D eigenvalue weighted by Crippen LogP contribution is 2.38. The fourth-order valence-corrected chi connectivity index (χ4v) is 5.31. The summed E-state index contributed by atoms with van der Waals surface area (Å²) in [6.07, 6.45) is 33.1. The highest BCUT2D eigenvalue weighted by atomic mass is 16.1. The summed E-state index contributed by atoms with van der Waals surface area (Å²) in [5.41, 5.74) is 1.78. The topological polar surface area (TPSA) is 29.4 Å². The van der Waals surface area contributed by atoms with E-state index >= 15 is 0 Å². The highest BCUT2D eigenvalue weighted by molar-refractivity contribution is 5.32. The third-order valence-electron chi connectivity index (χ3n) is 7.34. The molecule has 0 aromatic rings. The minimum Gasteiger partial charge on any atom is -0.211 e. The van der Waals surface area contributed by atoms with Crippen LogP contribution >= 0.6 is 0 Å². The molecule has 0 aliphatic heterocycles. The van der Waals surface area contributed by atoms with Crippen LogP contribution in [0, 0.1) is 11.8 Å². The van der Waals surface area contributed by atoms with Gasteiger partial charge >= 0.3 is 0 Å². The second-order valence-corrected chi connectivity index (χ2v) is 10.1. The van der Waals surface area contributed by atoms with Gasteiger partial charge in [-0.15, -0.1) is 0 Å². The monoisotopic (exact) mass is 431 g/mol. The van der Waals surface area contributed by atoms with Crippen molar-refractivity contribution >= 4 is 6.08 Å². The van der Waals surface area contributed by atoms with Crippen molar-refractivity contribution in [3.63, 3.8) is 0 Å². The molecule has 0 aromatic heterocycles. The van der Waals surface area contributed by atoms with E-state index in [4.69, 9.17) is 0 Å². The fourth-order valence-electron chi connectivity index (χ4n) is 5.31. The van der Waals surface area contributed by atoms with Crippen LogP contribution in [0.2, 0.25) is 0 Å². The van der Waals surface area contributed by atoms with Gasteiger partial charge in [0.15, 0.2) is 0 Å². The summed E-state index contributed by atoms with van der Waals surface area (Å²) < 4.78 is 0. The molecule has 2 unspecified atom stereocenters. The zero-order chi connectivity index (χ0) is 22.4. The molecule has 1 rings (SSSR count). The molecule has 0 saturated carbocycles. The predicted octanol–water partition coefficient (Wildman–Crippen LogP) is 9.73. The van der Waals surface area contributed by atoms with Crippen LogP contribution < -0.4 is 0 Å². The van der Waals surface area contributed by atoms with Gasteiger partial charge in [-0.1, -0.05) is 115 Å². The average Bonchev–Trinajstić information content (AvgIpc) is 2.79. The maximum atomic E-state index is 10.1. The van der Waals surface area contributed by atoms with Crippen molar-refractivity contribution in [2.45, 2.75) is 149 Å². The largest absolute Gasteiger partial charge is 0.234 e. The number of unbranched alkanes of at least 4 members (excludes halogenated alkanes) is 13. The molecule has 1 aliphatic carbocycles. The Labute approximate surface area is 194 Å². The molecule has 2 heteroatoms. The summed E-state index contributed by atoms with van der Waals surface area (Å²) in [4.78, 5) is 13.7. The Morgan fingerprint density at radius 3 is 1.97 bits per heavy atom. The van der Waals surface area contributed by atoms with Gasteiger partial charge in [-0.2, -0.15) is 0 Å². The van der Waals surface area contributed by atoms with Crippen LogP contribution in [0.5, 0.6) is 0 Å². The number of hydrogen-bond donors (Lipinski definition) is 0. The second kappa shape index (κ2) is 21.0. The van der Waals surface area contributed by atoms with Crippen molar-refractivity contribution in [3.8, 4) is 0 Å². The van der Waals surface area contributed by atoms with Crippen LogP contribution in [0.4, 0.5) is 0 Å². The minimum atomic E-state index is 0.663. The van der Waals surface area contributed by atoms with E-state index in [1.54, 1.807) is 11.7 Å². The molecule has 0 fully saturated rings. The Hall–Kier alpha value is -0.880. The lowest BCUT2D eigenvalue weighted by molar-refractivity contribution is 0.262. The summed E-state index contributed by atoms with van der Waals surface area (Å²) in [7, 11) is 0. The molecule has 0 amide bonds. The molecule has 0 heterocycles. The quantitative estimate of drug-likeness (QED) is 0.0769. The van der Waals surface area contributed by atoms with Crippen LogP contribution in [0.15, 0.2) is 16.6 Å². The van der Waals surface area contributed by atoms with Crippen LogP contribution in [-0.4, -0.2) is 12.6 Å². The van der Waals surface area contributed by atoms with Gasteiger partial charge in [-0.3, -0.25) is 0 Å². The number of isocyanates is 1. The number of allylic oxidation sites excluding steroid dienone is 2. The SMILES string of the molecule is CCCCCCCCC1CC=C(CCCCCCCCN=C=O)CC1CCCCCC. The standard InChI is InChI=1S/C29H53NO/c1-3-5-7-9-13-17-20-28-23-22-27(25-29(28)21-16-8-6-4-2)19-15-12-10-11-14-18-24-30-26-31/h22,28-29H,3-21,23-25H2,1-2H3. The van der Waals surface area contributed by atoms with E-state index in [1.807, 2.05) is 0 Å². The van der Waals surface area contributed by atoms with E-state index in [1.165, 1.54) is 128 Å². The van der Waals surface area contributed by atoms with Crippen LogP contribution in [0.1, 0.15) is 149 Å². The maximum Gasteiger partial charge on any atom is 0.234 e. The van der Waals surface area contributed by atoms with Gasteiger partial charge in [-0.25, -0.2) is 9.79 Å². The lowest BCUT2D eigenvalue weighted by Crippen LogP contribution is -2.19. The molecule has 0 bridgehead atoms. The van der Waals surface area contributed by atoms with Gasteiger partial charge < -0.3 is 0 Å². The number of nitrogens with zero attached hydrogens (tertiary/aromatic N) is 1. The van der Waals surface area contributed by atoms with E-state index in [0.29, 0.717) is 6.54 Å². The second-order valence-electron chi connectivity index (χ2n) is 10.1. The molecule has 1 aliphatic rings. The van der Waals surface area contributed by atoms with Gasteiger partial charge in [-0.05, 0) is 56.8 Å². The zero-order valence-corrected chi connectivity index (χ0v) is 21.1. The Kier molecular flexibility index (Phi) is 19.1. The van der Waals surface area contributed by atoms with E-state index in [9.17, 15) is 4.79 Å². The van der Waals surface area contributed by atoms with Crippen molar-refractivity contribution in [1.82, 2.24) is 0 Å². The van der Waals surface area contributed by atoms with Crippen molar-refractivity contribution < 1.29 is 4.79 Å². The van der Waals surface area contributed by atoms with E-state index in [-0.39, 0.29) is 0 Å². The molecular weight excluding hydrogens is 378 g/mol. The predicted molar refractivity (Wildman–Crippen MR) is 136 cm³/mol. The van der Waals surface area contributed by atoms with E-state index in [0.717, 1.165) is 18.3 Å². The molecule has 31 heavy (non-hydrogen) atoms. The lowest BCUT2D eigenvalue weighted by atomic mass is 9.74. The molecule has 0 spiro atoms. The molecule has 0 saturated heterocycles. The first-order chi connectivity index (χ1) is 15.3. The van der Waals surface area contributed by atoms with E-state index in [2.05, 4.69) is 24.9 Å². The number of hydrogen-bond acceptors (Lipinski definition) is 2. The Bertz CT molecular complexity index is 477. The van der Waals surface area contributed by atoms with Gasteiger partial charge in [0.2, 0.25) is 6.08 Å². The van der Waals surface area contributed by atoms with Crippen LogP contribution in [0.3, 0.4) is 0 Å². The summed E-state index contributed by atoms with van der Waals surface area (Å²) in [5, 5.41) is 0. The van der Waals surface area contributed by atoms with Gasteiger partial charge in [0, 0.05) is 0 Å². The van der Waals surface area contributed by atoms with Gasteiger partial charge in [0.25, 0.3) is 0 Å². The number of carbonyl (C=O) groups excluding carboxylic acids is 1. The average molecular weight is 432 g/mol.